The molecule has 1 aromatic heterocycles. The molecule has 6 nitrogen and oxygen atoms in total. The number of halogens is 1. The van der Waals surface area contributed by atoms with Gasteiger partial charge >= 0.3 is 5.97 Å². The summed E-state index contributed by atoms with van der Waals surface area (Å²) in [6, 6.07) is 6.32. The second-order valence-electron chi connectivity index (χ2n) is 4.37. The van der Waals surface area contributed by atoms with Gasteiger partial charge in [0.25, 0.3) is 5.91 Å². The molecule has 0 atom stereocenters. The van der Waals surface area contributed by atoms with Crippen LogP contribution in [-0.2, 0) is 6.54 Å². The van der Waals surface area contributed by atoms with E-state index in [9.17, 15) is 9.59 Å². The number of primary amides is 1. The number of furan rings is 1. The third-order valence-electron chi connectivity index (χ3n) is 2.91. The number of carboxylic acid groups (broad SMARTS) is 1. The summed E-state index contributed by atoms with van der Waals surface area (Å²) in [7, 11) is 0. The monoisotopic (exact) mass is 308 g/mol. The highest BCUT2D eigenvalue weighted by Gasteiger charge is 2.15. The van der Waals surface area contributed by atoms with E-state index in [4.69, 9.17) is 26.9 Å². The Morgan fingerprint density at radius 1 is 1.43 bits per heavy atom. The fraction of sp³-hybridized carbons (Fsp3) is 0.143. The van der Waals surface area contributed by atoms with E-state index < -0.39 is 11.9 Å². The zero-order valence-electron chi connectivity index (χ0n) is 11.1. The van der Waals surface area contributed by atoms with E-state index in [2.05, 4.69) is 5.32 Å². The number of hydrogen-bond donors (Lipinski definition) is 3. The number of carbonyl (C=O) groups is 2. The number of aryl methyl sites for hydroxylation is 1. The Balaban J connectivity index is 2.21. The molecule has 0 unspecified atom stereocenters. The minimum Gasteiger partial charge on any atom is -0.478 e. The summed E-state index contributed by atoms with van der Waals surface area (Å²) in [6.45, 7) is 1.77. The predicted molar refractivity (Wildman–Crippen MR) is 77.7 cm³/mol. The summed E-state index contributed by atoms with van der Waals surface area (Å²) >= 11 is 5.94. The molecule has 2 aromatic rings. The molecule has 21 heavy (non-hydrogen) atoms. The van der Waals surface area contributed by atoms with E-state index in [0.29, 0.717) is 17.2 Å². The molecule has 4 N–H and O–H groups in total. The largest absolute Gasteiger partial charge is 0.478 e. The van der Waals surface area contributed by atoms with Crippen molar-refractivity contribution >= 4 is 29.2 Å². The van der Waals surface area contributed by atoms with Crippen molar-refractivity contribution < 1.29 is 19.1 Å². The SMILES string of the molecule is Cc1oc(CNc2cccc(Cl)c2C(N)=O)cc1C(=O)O. The van der Waals surface area contributed by atoms with Crippen LogP contribution in [0.1, 0.15) is 32.2 Å². The topological polar surface area (TPSA) is 106 Å². The molecule has 0 aliphatic rings. The lowest BCUT2D eigenvalue weighted by Gasteiger charge is -2.10. The molecule has 0 aliphatic carbocycles. The molecule has 1 amide bonds. The number of aromatic carboxylic acids is 1. The maximum atomic E-state index is 11.4. The smallest absolute Gasteiger partial charge is 0.339 e. The quantitative estimate of drug-likeness (QED) is 0.787. The van der Waals surface area contributed by atoms with Crippen molar-refractivity contribution in [3.63, 3.8) is 0 Å². The van der Waals surface area contributed by atoms with E-state index in [1.807, 2.05) is 0 Å². The van der Waals surface area contributed by atoms with Gasteiger partial charge in [-0.25, -0.2) is 4.79 Å². The summed E-state index contributed by atoms with van der Waals surface area (Å²) in [6.07, 6.45) is 0. The van der Waals surface area contributed by atoms with Gasteiger partial charge in [-0.3, -0.25) is 4.79 Å². The highest BCUT2D eigenvalue weighted by molar-refractivity contribution is 6.34. The molecular formula is C14H13ClN2O4. The lowest BCUT2D eigenvalue weighted by atomic mass is 10.1. The van der Waals surface area contributed by atoms with Crippen LogP contribution in [0.15, 0.2) is 28.7 Å². The fourth-order valence-electron chi connectivity index (χ4n) is 1.95. The number of amides is 1. The molecule has 110 valence electrons. The maximum absolute atomic E-state index is 11.4. The molecular weight excluding hydrogens is 296 g/mol. The minimum absolute atomic E-state index is 0.105. The van der Waals surface area contributed by atoms with Gasteiger partial charge in [0.05, 0.1) is 17.1 Å². The highest BCUT2D eigenvalue weighted by Crippen LogP contribution is 2.25. The minimum atomic E-state index is -1.05. The number of rotatable bonds is 5. The zero-order chi connectivity index (χ0) is 15.6. The van der Waals surface area contributed by atoms with Gasteiger partial charge in [-0.2, -0.15) is 0 Å². The number of carbonyl (C=O) groups excluding carboxylic acids is 1. The number of benzene rings is 1. The van der Waals surface area contributed by atoms with Crippen LogP contribution in [0.5, 0.6) is 0 Å². The van der Waals surface area contributed by atoms with Gasteiger partial charge in [0.15, 0.2) is 0 Å². The molecule has 1 aromatic carbocycles. The van der Waals surface area contributed by atoms with E-state index in [-0.39, 0.29) is 22.7 Å². The Kier molecular flexibility index (Phi) is 4.18. The average molecular weight is 309 g/mol. The third kappa shape index (κ3) is 3.17. The average Bonchev–Trinajstić information content (AvgIpc) is 2.77. The van der Waals surface area contributed by atoms with Crippen molar-refractivity contribution in [1.82, 2.24) is 0 Å². The van der Waals surface area contributed by atoms with Gasteiger partial charge in [-0.1, -0.05) is 17.7 Å². The molecule has 2 rings (SSSR count). The second-order valence-corrected chi connectivity index (χ2v) is 4.78. The molecule has 1 heterocycles. The van der Waals surface area contributed by atoms with Crippen LogP contribution in [0, 0.1) is 6.92 Å². The Hall–Kier alpha value is -2.47. The zero-order valence-corrected chi connectivity index (χ0v) is 11.9. The van der Waals surface area contributed by atoms with Crippen molar-refractivity contribution in [1.29, 1.82) is 0 Å². The molecule has 0 saturated heterocycles. The summed E-state index contributed by atoms with van der Waals surface area (Å²) in [5.74, 6) is -0.950. The summed E-state index contributed by atoms with van der Waals surface area (Å²) in [5.41, 5.74) is 6.03. The van der Waals surface area contributed by atoms with E-state index in [1.165, 1.54) is 6.07 Å². The Morgan fingerprint density at radius 3 is 2.71 bits per heavy atom. The molecule has 0 spiro atoms. The van der Waals surface area contributed by atoms with E-state index >= 15 is 0 Å². The standard InChI is InChI=1S/C14H13ClN2O4/c1-7-9(14(19)20)5-8(21-7)6-17-11-4-2-3-10(15)12(11)13(16)18/h2-5,17H,6H2,1H3,(H2,16,18)(H,19,20). The number of carboxylic acids is 1. The van der Waals surface area contributed by atoms with Gasteiger partial charge in [0.1, 0.15) is 17.1 Å². The van der Waals surface area contributed by atoms with Crippen LogP contribution in [0.25, 0.3) is 0 Å². The van der Waals surface area contributed by atoms with Gasteiger partial charge in [-0.15, -0.1) is 0 Å². The van der Waals surface area contributed by atoms with Crippen molar-refractivity contribution in [2.75, 3.05) is 5.32 Å². The molecule has 0 fully saturated rings. The first kappa shape index (κ1) is 14.9. The third-order valence-corrected chi connectivity index (χ3v) is 3.23. The summed E-state index contributed by atoms with van der Waals surface area (Å²) in [4.78, 5) is 22.3. The number of nitrogens with one attached hydrogen (secondary N) is 1. The predicted octanol–water partition coefficient (Wildman–Crippen LogP) is 2.65. The van der Waals surface area contributed by atoms with Crippen molar-refractivity contribution in [3.8, 4) is 0 Å². The first-order valence-electron chi connectivity index (χ1n) is 6.05. The van der Waals surface area contributed by atoms with Gasteiger partial charge in [-0.05, 0) is 25.1 Å². The van der Waals surface area contributed by atoms with Crippen LogP contribution in [0.4, 0.5) is 5.69 Å². The summed E-state index contributed by atoms with van der Waals surface area (Å²) < 4.78 is 5.34. The fourth-order valence-corrected chi connectivity index (χ4v) is 2.22. The Bertz CT molecular complexity index is 709. The first-order chi connectivity index (χ1) is 9.90. The van der Waals surface area contributed by atoms with Crippen LogP contribution in [0.2, 0.25) is 5.02 Å². The highest BCUT2D eigenvalue weighted by atomic mass is 35.5. The number of anilines is 1. The lowest BCUT2D eigenvalue weighted by molar-refractivity contribution is 0.0694. The molecule has 0 saturated carbocycles. The Labute approximate surface area is 125 Å². The van der Waals surface area contributed by atoms with Crippen molar-refractivity contribution in [2.45, 2.75) is 13.5 Å². The number of nitrogens with two attached hydrogens (primary N) is 1. The lowest BCUT2D eigenvalue weighted by Crippen LogP contribution is -2.15. The van der Waals surface area contributed by atoms with Gasteiger partial charge in [0.2, 0.25) is 0 Å². The van der Waals surface area contributed by atoms with Crippen molar-refractivity contribution in [2.24, 2.45) is 5.73 Å². The maximum Gasteiger partial charge on any atom is 0.339 e. The molecule has 0 bridgehead atoms. The van der Waals surface area contributed by atoms with Gasteiger partial charge < -0.3 is 20.6 Å². The van der Waals surface area contributed by atoms with Crippen molar-refractivity contribution in [3.05, 3.63) is 51.9 Å². The van der Waals surface area contributed by atoms with Crippen LogP contribution >= 0.6 is 11.6 Å². The normalized spacial score (nSPS) is 10.4. The molecule has 7 heteroatoms. The first-order valence-corrected chi connectivity index (χ1v) is 6.42. The molecule has 0 radical (unpaired) electrons. The summed E-state index contributed by atoms with van der Waals surface area (Å²) in [5, 5.41) is 12.2. The second kappa shape index (κ2) is 5.88. The number of hydrogen-bond acceptors (Lipinski definition) is 4. The van der Waals surface area contributed by atoms with E-state index in [1.54, 1.807) is 25.1 Å². The van der Waals surface area contributed by atoms with Crippen LogP contribution in [-0.4, -0.2) is 17.0 Å². The van der Waals surface area contributed by atoms with E-state index in [0.717, 1.165) is 0 Å². The molecule has 0 aliphatic heterocycles. The van der Waals surface area contributed by atoms with Crippen LogP contribution < -0.4 is 11.1 Å². The van der Waals surface area contributed by atoms with Gasteiger partial charge in [0, 0.05) is 5.69 Å². The Morgan fingerprint density at radius 2 is 2.14 bits per heavy atom. The van der Waals surface area contributed by atoms with Crippen LogP contribution in [0.3, 0.4) is 0 Å².